The Kier molecular flexibility index (Phi) is 12.3. The van der Waals surface area contributed by atoms with Crippen molar-refractivity contribution in [1.82, 2.24) is 29.9 Å². The summed E-state index contributed by atoms with van der Waals surface area (Å²) in [5.41, 5.74) is 16.8. The van der Waals surface area contributed by atoms with Crippen molar-refractivity contribution < 1.29 is 9.31 Å². The molecule has 0 bridgehead atoms. The van der Waals surface area contributed by atoms with Gasteiger partial charge < -0.3 is 9.31 Å². The zero-order valence-electron chi connectivity index (χ0n) is 45.2. The predicted molar refractivity (Wildman–Crippen MR) is 333 cm³/mol. The molecule has 8 aromatic carbocycles. The van der Waals surface area contributed by atoms with E-state index in [0.717, 1.165) is 116 Å². The van der Waals surface area contributed by atoms with Gasteiger partial charge in [0.1, 0.15) is 0 Å². The van der Waals surface area contributed by atoms with E-state index in [1.54, 1.807) is 0 Å². The maximum Gasteiger partial charge on any atom is 0.494 e. The number of benzene rings is 8. The Morgan fingerprint density at radius 2 is 0.716 bits per heavy atom. The van der Waals surface area contributed by atoms with E-state index in [9.17, 15) is 0 Å². The summed E-state index contributed by atoms with van der Waals surface area (Å²) in [6.45, 7) is 8.32. The summed E-state index contributed by atoms with van der Waals surface area (Å²) in [7, 11) is -0.370. The molecule has 0 radical (unpaired) electrons. The Bertz CT molecular complexity index is 4680. The second kappa shape index (κ2) is 20.1. The fourth-order valence-corrected chi connectivity index (χ4v) is 11.3. The van der Waals surface area contributed by atoms with Crippen molar-refractivity contribution in [2.24, 2.45) is 0 Å². The maximum atomic E-state index is 6.25. The molecule has 0 atom stereocenters. The highest BCUT2D eigenvalue weighted by molar-refractivity contribution is 6.62. The van der Waals surface area contributed by atoms with Crippen LogP contribution in [0.25, 0.3) is 132 Å². The third-order valence-corrected chi connectivity index (χ3v) is 16.2. The lowest BCUT2D eigenvalue weighted by molar-refractivity contribution is 0.00578. The van der Waals surface area contributed by atoms with E-state index in [1.165, 1.54) is 21.9 Å². The van der Waals surface area contributed by atoms with Crippen LogP contribution in [0, 0.1) is 0 Å². The first-order valence-corrected chi connectivity index (χ1v) is 27.4. The van der Waals surface area contributed by atoms with Gasteiger partial charge in [-0.25, -0.2) is 19.9 Å². The number of rotatable bonds is 7. The van der Waals surface area contributed by atoms with E-state index in [0.29, 0.717) is 0 Å². The van der Waals surface area contributed by atoms with Crippen LogP contribution >= 0.6 is 0 Å². The number of para-hydroxylation sites is 2. The molecule has 15 rings (SSSR count). The van der Waals surface area contributed by atoms with Crippen LogP contribution in [0.1, 0.15) is 27.7 Å². The smallest absolute Gasteiger partial charge is 0.399 e. The lowest BCUT2D eigenvalue weighted by Gasteiger charge is -2.32. The number of hydrogen-bond acceptors (Lipinski definition) is 8. The van der Waals surface area contributed by atoms with Crippen LogP contribution in [0.4, 0.5) is 0 Å². The second-order valence-electron chi connectivity index (χ2n) is 21.6. The molecular formula is C72H53BN6O2. The fraction of sp³-hybridized carbons (Fsp3) is 0.0833. The zero-order chi connectivity index (χ0) is 54.7. The summed E-state index contributed by atoms with van der Waals surface area (Å²) in [5, 5.41) is 9.09. The van der Waals surface area contributed by atoms with E-state index in [-0.39, 0.29) is 18.3 Å². The summed E-state index contributed by atoms with van der Waals surface area (Å²) in [6, 6.07) is 78.1. The molecule has 0 saturated carbocycles. The predicted octanol–water partition coefficient (Wildman–Crippen LogP) is 17.0. The number of aromatic nitrogens is 6. The second-order valence-corrected chi connectivity index (χ2v) is 21.6. The largest absolute Gasteiger partial charge is 0.494 e. The molecule has 81 heavy (non-hydrogen) atoms. The van der Waals surface area contributed by atoms with Crippen LogP contribution in [0.3, 0.4) is 0 Å². The Labute approximate surface area is 470 Å². The molecule has 8 nitrogen and oxygen atoms in total. The quantitative estimate of drug-likeness (QED) is 0.115. The van der Waals surface area contributed by atoms with E-state index in [1.807, 2.05) is 79.4 Å². The van der Waals surface area contributed by atoms with Gasteiger partial charge in [-0.1, -0.05) is 176 Å². The average Bonchev–Trinajstić information content (AvgIpc) is 3.80. The van der Waals surface area contributed by atoms with Crippen molar-refractivity contribution in [2.75, 3.05) is 0 Å². The van der Waals surface area contributed by atoms with Crippen molar-refractivity contribution in [3.8, 4) is 67.3 Å². The molecule has 0 spiro atoms. The number of nitrogens with zero attached hydrogens (tertiary/aromatic N) is 6. The number of fused-ring (bicyclic) bond motifs is 9. The van der Waals surface area contributed by atoms with Gasteiger partial charge in [0.05, 0.1) is 56.0 Å². The highest BCUT2D eigenvalue weighted by Gasteiger charge is 2.51. The standard InChI is InChI=1S/C42H26N4.C30H27BN2O2/c1-2-7-28(8-3-1)36-21-19-30-17-18-31-20-22-37(45-42(31)41(30)44-36)29-15-13-27(14-16-29)33-10-6-11-35-39(33)34-9-4-5-12-38(34)46-40(35)32-23-25-43-26-24-32;1-29(2)30(3,4)35-31(34-29)22-14-12-20(13-15-22)23-9-7-10-25-27(23)24-8-5-6-11-26(24)33-28(25)21-16-18-32-19-17-21/h1-26H;5-19H,1-4H3. The van der Waals surface area contributed by atoms with Gasteiger partial charge in [0, 0.05) is 90.1 Å². The van der Waals surface area contributed by atoms with Gasteiger partial charge >= 0.3 is 7.12 Å². The summed E-state index contributed by atoms with van der Waals surface area (Å²) in [6.07, 6.45) is 7.28. The lowest BCUT2D eigenvalue weighted by atomic mass is 9.78. The average molecular weight is 1050 g/mol. The van der Waals surface area contributed by atoms with Gasteiger partial charge in [0.15, 0.2) is 0 Å². The fourth-order valence-electron chi connectivity index (χ4n) is 11.3. The van der Waals surface area contributed by atoms with Gasteiger partial charge in [-0.15, -0.1) is 0 Å². The van der Waals surface area contributed by atoms with Crippen molar-refractivity contribution in [2.45, 2.75) is 38.9 Å². The Hall–Kier alpha value is -9.80. The van der Waals surface area contributed by atoms with Crippen molar-refractivity contribution >= 4 is 77.7 Å². The molecule has 1 aliphatic heterocycles. The molecule has 1 saturated heterocycles. The molecule has 1 fully saturated rings. The highest BCUT2D eigenvalue weighted by atomic mass is 16.7. The third-order valence-electron chi connectivity index (χ3n) is 16.2. The molecule has 0 unspecified atom stereocenters. The van der Waals surface area contributed by atoms with Crippen LogP contribution in [0.2, 0.25) is 0 Å². The van der Waals surface area contributed by atoms with Crippen LogP contribution < -0.4 is 5.46 Å². The molecule has 0 amide bonds. The minimum Gasteiger partial charge on any atom is -0.399 e. The molecule has 6 aromatic heterocycles. The molecule has 386 valence electrons. The zero-order valence-corrected chi connectivity index (χ0v) is 45.2. The lowest BCUT2D eigenvalue weighted by Crippen LogP contribution is -2.41. The summed E-state index contributed by atoms with van der Waals surface area (Å²) >= 11 is 0. The minimum atomic E-state index is -0.370. The molecule has 0 N–H and O–H groups in total. The Morgan fingerprint density at radius 1 is 0.321 bits per heavy atom. The molecular weight excluding hydrogens is 992 g/mol. The Balaban J connectivity index is 0.000000151. The van der Waals surface area contributed by atoms with Crippen molar-refractivity contribution in [3.63, 3.8) is 0 Å². The van der Waals surface area contributed by atoms with E-state index in [4.69, 9.17) is 29.2 Å². The maximum absolute atomic E-state index is 6.25. The van der Waals surface area contributed by atoms with Gasteiger partial charge in [-0.05, 0) is 104 Å². The van der Waals surface area contributed by atoms with Crippen LogP contribution in [-0.4, -0.2) is 48.2 Å². The van der Waals surface area contributed by atoms with E-state index in [2.05, 4.69) is 208 Å². The topological polar surface area (TPSA) is 95.8 Å². The minimum absolute atomic E-state index is 0.360. The number of hydrogen-bond donors (Lipinski definition) is 0. The van der Waals surface area contributed by atoms with Crippen molar-refractivity contribution in [1.29, 1.82) is 0 Å². The van der Waals surface area contributed by atoms with Crippen LogP contribution in [0.5, 0.6) is 0 Å². The van der Waals surface area contributed by atoms with Gasteiger partial charge in [0.2, 0.25) is 0 Å². The van der Waals surface area contributed by atoms with Gasteiger partial charge in [-0.2, -0.15) is 0 Å². The van der Waals surface area contributed by atoms with E-state index >= 15 is 0 Å². The third kappa shape index (κ3) is 9.03. The highest BCUT2D eigenvalue weighted by Crippen LogP contribution is 2.42. The summed E-state index contributed by atoms with van der Waals surface area (Å²) in [5.74, 6) is 0. The SMILES string of the molecule is CC1(C)OB(c2ccc(-c3cccc4c(-c5ccncc5)nc5ccccc5c34)cc2)OC1(C)C.c1ccc(-c2ccc3ccc4ccc(-c5ccc(-c6cccc7c(-c8ccncc8)nc8ccccc8c67)cc5)nc4c3n2)cc1. The molecule has 1 aliphatic rings. The Morgan fingerprint density at radius 3 is 1.20 bits per heavy atom. The number of pyridine rings is 6. The van der Waals surface area contributed by atoms with Crippen LogP contribution in [-0.2, 0) is 9.31 Å². The van der Waals surface area contributed by atoms with Crippen LogP contribution in [0.15, 0.2) is 249 Å². The monoisotopic (exact) mass is 1040 g/mol. The van der Waals surface area contributed by atoms with Gasteiger partial charge in [0.25, 0.3) is 0 Å². The molecule has 14 aromatic rings. The van der Waals surface area contributed by atoms with E-state index < -0.39 is 0 Å². The molecule has 9 heteroatoms. The summed E-state index contributed by atoms with van der Waals surface area (Å²) < 4.78 is 12.5. The first-order chi connectivity index (χ1) is 39.6. The summed E-state index contributed by atoms with van der Waals surface area (Å²) in [4.78, 5) is 28.8. The first-order valence-electron chi connectivity index (χ1n) is 27.4. The normalized spacial score (nSPS) is 13.8. The first kappa shape index (κ1) is 49.5. The molecule has 0 aliphatic carbocycles. The van der Waals surface area contributed by atoms with Crippen molar-refractivity contribution in [3.05, 3.63) is 249 Å². The van der Waals surface area contributed by atoms with Gasteiger partial charge in [-0.3, -0.25) is 9.97 Å². The molecule has 7 heterocycles.